The van der Waals surface area contributed by atoms with Crippen LogP contribution < -0.4 is 10.5 Å². The van der Waals surface area contributed by atoms with Crippen LogP contribution in [0.4, 0.5) is 13.2 Å². The molecule has 180 valence electrons. The molecule has 2 fully saturated rings. The number of hydrogen-bond acceptors (Lipinski definition) is 5. The lowest BCUT2D eigenvalue weighted by Crippen LogP contribution is -2.52. The highest BCUT2D eigenvalue weighted by molar-refractivity contribution is 5.85. The molecule has 2 aromatic rings. The second kappa shape index (κ2) is 9.65. The molecule has 0 unspecified atom stereocenters. The molecule has 0 amide bonds. The van der Waals surface area contributed by atoms with Crippen LogP contribution in [0.5, 0.6) is 5.75 Å². The summed E-state index contributed by atoms with van der Waals surface area (Å²) in [5, 5.41) is 0. The Morgan fingerprint density at radius 2 is 1.81 bits per heavy atom. The van der Waals surface area contributed by atoms with Crippen molar-refractivity contribution in [2.24, 2.45) is 0 Å². The third-order valence-electron chi connectivity index (χ3n) is 6.82. The van der Waals surface area contributed by atoms with Crippen molar-refractivity contribution in [3.63, 3.8) is 0 Å². The SMILES string of the molecule is CCO[C@H]1CC[C@](C)(N2CCC(n3c(=O)oc4ccc(OC(F)(F)F)cc43)CC2)CC1.Cl. The van der Waals surface area contributed by atoms with Crippen LogP contribution in [-0.2, 0) is 4.74 Å². The first-order valence-electron chi connectivity index (χ1n) is 11.0. The van der Waals surface area contributed by atoms with E-state index in [1.165, 1.54) is 16.7 Å². The second-order valence-electron chi connectivity index (χ2n) is 8.79. The van der Waals surface area contributed by atoms with Gasteiger partial charge in [0.1, 0.15) is 5.75 Å². The molecule has 32 heavy (non-hydrogen) atoms. The maximum atomic E-state index is 12.6. The predicted octanol–water partition coefficient (Wildman–Crippen LogP) is 5.29. The summed E-state index contributed by atoms with van der Waals surface area (Å²) in [4.78, 5) is 15.0. The Kier molecular flexibility index (Phi) is 7.51. The van der Waals surface area contributed by atoms with E-state index in [0.717, 1.165) is 64.3 Å². The average molecular weight is 479 g/mol. The number of halogens is 4. The molecule has 1 aliphatic carbocycles. The molecule has 0 spiro atoms. The van der Waals surface area contributed by atoms with Gasteiger partial charge in [0, 0.05) is 37.3 Å². The van der Waals surface area contributed by atoms with Gasteiger partial charge in [0.15, 0.2) is 5.58 Å². The molecular weight excluding hydrogens is 449 g/mol. The summed E-state index contributed by atoms with van der Waals surface area (Å²) in [6, 6.07) is 3.62. The van der Waals surface area contributed by atoms with Gasteiger partial charge in [-0.15, -0.1) is 25.6 Å². The summed E-state index contributed by atoms with van der Waals surface area (Å²) in [6.07, 6.45) is 1.30. The Bertz CT molecular complexity index is 958. The van der Waals surface area contributed by atoms with E-state index >= 15 is 0 Å². The van der Waals surface area contributed by atoms with Gasteiger partial charge in [-0.05, 0) is 64.5 Å². The smallest absolute Gasteiger partial charge is 0.408 e. The van der Waals surface area contributed by atoms with Crippen molar-refractivity contribution in [1.82, 2.24) is 9.47 Å². The number of rotatable bonds is 5. The zero-order valence-corrected chi connectivity index (χ0v) is 19.1. The summed E-state index contributed by atoms with van der Waals surface area (Å²) in [6.45, 7) is 6.74. The maximum absolute atomic E-state index is 12.6. The Labute approximate surface area is 191 Å². The topological polar surface area (TPSA) is 56.8 Å². The van der Waals surface area contributed by atoms with Gasteiger partial charge in [-0.1, -0.05) is 0 Å². The highest BCUT2D eigenvalue weighted by Gasteiger charge is 2.39. The van der Waals surface area contributed by atoms with Crippen molar-refractivity contribution < 1.29 is 27.1 Å². The fourth-order valence-corrected chi connectivity index (χ4v) is 5.15. The molecule has 6 nitrogen and oxygen atoms in total. The average Bonchev–Trinajstić information content (AvgIpc) is 3.04. The van der Waals surface area contributed by atoms with Crippen LogP contribution in [-0.4, -0.2) is 47.2 Å². The Morgan fingerprint density at radius 1 is 1.16 bits per heavy atom. The van der Waals surface area contributed by atoms with Gasteiger partial charge in [-0.2, -0.15) is 0 Å². The van der Waals surface area contributed by atoms with Crippen molar-refractivity contribution in [2.75, 3.05) is 19.7 Å². The Hall–Kier alpha value is -1.71. The summed E-state index contributed by atoms with van der Waals surface area (Å²) in [5.74, 6) is -0.897. The minimum absolute atomic E-state index is 0. The summed E-state index contributed by atoms with van der Waals surface area (Å²) < 4.78 is 54.4. The second-order valence-corrected chi connectivity index (χ2v) is 8.79. The predicted molar refractivity (Wildman–Crippen MR) is 117 cm³/mol. The molecule has 0 N–H and O–H groups in total. The van der Waals surface area contributed by atoms with Crippen LogP contribution in [0.1, 0.15) is 58.4 Å². The van der Waals surface area contributed by atoms with E-state index in [-0.39, 0.29) is 35.3 Å². The fourth-order valence-electron chi connectivity index (χ4n) is 5.15. The minimum atomic E-state index is -4.79. The monoisotopic (exact) mass is 478 g/mol. The molecule has 0 atom stereocenters. The van der Waals surface area contributed by atoms with Crippen LogP contribution in [0.25, 0.3) is 11.1 Å². The van der Waals surface area contributed by atoms with Crippen molar-refractivity contribution in [3.8, 4) is 5.75 Å². The molecule has 2 heterocycles. The van der Waals surface area contributed by atoms with Crippen molar-refractivity contribution >= 4 is 23.5 Å². The number of alkyl halides is 3. The third-order valence-corrected chi connectivity index (χ3v) is 6.82. The van der Waals surface area contributed by atoms with Crippen molar-refractivity contribution in [1.29, 1.82) is 0 Å². The summed E-state index contributed by atoms with van der Waals surface area (Å²) in [5.41, 5.74) is 0.729. The highest BCUT2D eigenvalue weighted by atomic mass is 35.5. The van der Waals surface area contributed by atoms with E-state index in [0.29, 0.717) is 11.6 Å². The first-order chi connectivity index (χ1) is 14.7. The van der Waals surface area contributed by atoms with Gasteiger partial charge in [-0.3, -0.25) is 9.47 Å². The minimum Gasteiger partial charge on any atom is -0.408 e. The lowest BCUT2D eigenvalue weighted by atomic mass is 9.79. The third kappa shape index (κ3) is 5.26. The normalized spacial score (nSPS) is 25.6. The van der Waals surface area contributed by atoms with Crippen LogP contribution in [0.3, 0.4) is 0 Å². The number of likely N-dealkylation sites (tertiary alicyclic amines) is 1. The molecular formula is C22H30ClF3N2O4. The van der Waals surface area contributed by atoms with E-state index in [4.69, 9.17) is 9.15 Å². The number of fused-ring (bicyclic) bond motifs is 1. The zero-order valence-electron chi connectivity index (χ0n) is 18.3. The molecule has 1 aliphatic heterocycles. The van der Waals surface area contributed by atoms with Crippen molar-refractivity contribution in [3.05, 3.63) is 28.7 Å². The van der Waals surface area contributed by atoms with E-state index in [1.807, 2.05) is 6.92 Å². The van der Waals surface area contributed by atoms with Gasteiger partial charge >= 0.3 is 12.1 Å². The number of benzene rings is 1. The van der Waals surface area contributed by atoms with Crippen molar-refractivity contribution in [2.45, 2.75) is 76.4 Å². The lowest BCUT2D eigenvalue weighted by molar-refractivity contribution is -0.274. The summed E-state index contributed by atoms with van der Waals surface area (Å²) in [7, 11) is 0. The van der Waals surface area contributed by atoms with Gasteiger partial charge in [0.25, 0.3) is 0 Å². The van der Waals surface area contributed by atoms with Crippen LogP contribution in [0.2, 0.25) is 0 Å². The Morgan fingerprint density at radius 3 is 2.41 bits per heavy atom. The Balaban J connectivity index is 0.00000289. The van der Waals surface area contributed by atoms with E-state index in [2.05, 4.69) is 16.6 Å². The van der Waals surface area contributed by atoms with Gasteiger partial charge < -0.3 is 13.9 Å². The number of ether oxygens (including phenoxy) is 2. The molecule has 1 aromatic carbocycles. The molecule has 4 rings (SSSR count). The van der Waals surface area contributed by atoms with Gasteiger partial charge in [-0.25, -0.2) is 4.79 Å². The molecule has 0 radical (unpaired) electrons. The van der Waals surface area contributed by atoms with E-state index in [9.17, 15) is 18.0 Å². The standard InChI is InChI=1S/C22H29F3N2O4.ClH/c1-3-29-16-6-10-21(2,11-7-16)26-12-8-15(9-13-26)27-18-14-17(31-22(23,24)25)4-5-19(18)30-20(27)28;/h4-5,14-16H,3,6-13H2,1-2H3;1H/t16-,21-;. The zero-order chi connectivity index (χ0) is 22.2. The first-order valence-corrected chi connectivity index (χ1v) is 11.0. The van der Waals surface area contributed by atoms with Gasteiger partial charge in [0.2, 0.25) is 0 Å². The number of oxazole rings is 1. The van der Waals surface area contributed by atoms with Gasteiger partial charge in [0.05, 0.1) is 11.6 Å². The molecule has 1 saturated carbocycles. The van der Waals surface area contributed by atoms with Crippen LogP contribution in [0, 0.1) is 0 Å². The quantitative estimate of drug-likeness (QED) is 0.584. The number of piperidine rings is 1. The van der Waals surface area contributed by atoms with E-state index < -0.39 is 12.1 Å². The molecule has 1 saturated heterocycles. The highest BCUT2D eigenvalue weighted by Crippen LogP contribution is 2.38. The number of nitrogens with zero attached hydrogens (tertiary/aromatic N) is 2. The number of aromatic nitrogens is 1. The lowest BCUT2D eigenvalue weighted by Gasteiger charge is -2.48. The van der Waals surface area contributed by atoms with Crippen LogP contribution in [0.15, 0.2) is 27.4 Å². The first kappa shape index (κ1) is 24.9. The fraction of sp³-hybridized carbons (Fsp3) is 0.682. The molecule has 2 aliphatic rings. The largest absolute Gasteiger partial charge is 0.573 e. The maximum Gasteiger partial charge on any atom is 0.573 e. The molecule has 10 heteroatoms. The van der Waals surface area contributed by atoms with Crippen LogP contribution >= 0.6 is 12.4 Å². The molecule has 0 bridgehead atoms. The summed E-state index contributed by atoms with van der Waals surface area (Å²) >= 11 is 0. The molecule has 1 aromatic heterocycles. The van der Waals surface area contributed by atoms with E-state index in [1.54, 1.807) is 0 Å². The number of hydrogen-bond donors (Lipinski definition) is 0.